The minimum Gasteiger partial charge on any atom is -0.455 e. The summed E-state index contributed by atoms with van der Waals surface area (Å²) in [5.74, 6) is 2.19. The highest BCUT2D eigenvalue weighted by molar-refractivity contribution is 5.87. The number of fused-ring (bicyclic) bond motifs is 1. The van der Waals surface area contributed by atoms with Gasteiger partial charge in [0.1, 0.15) is 5.60 Å². The fourth-order valence-electron chi connectivity index (χ4n) is 4.34. The molecule has 3 aliphatic rings. The lowest BCUT2D eigenvalue weighted by molar-refractivity contribution is -0.166. The van der Waals surface area contributed by atoms with Gasteiger partial charge in [-0.3, -0.25) is 0 Å². The summed E-state index contributed by atoms with van der Waals surface area (Å²) in [4.78, 5) is 12.0. The molecule has 0 aromatic carbocycles. The zero-order valence-corrected chi connectivity index (χ0v) is 12.1. The van der Waals surface area contributed by atoms with Crippen LogP contribution in [0.1, 0.15) is 64.7 Å². The van der Waals surface area contributed by atoms with Gasteiger partial charge >= 0.3 is 5.97 Å². The number of hydrogen-bond donors (Lipinski definition) is 0. The van der Waals surface area contributed by atoms with Gasteiger partial charge in [0, 0.05) is 5.57 Å². The van der Waals surface area contributed by atoms with Gasteiger partial charge in [0.25, 0.3) is 0 Å². The van der Waals surface area contributed by atoms with Crippen molar-refractivity contribution in [3.63, 3.8) is 0 Å². The SMILES string of the molecule is C=C(C)C(=O)OC1(C2CC2)CCC2CCCCC2C1. The zero-order chi connectivity index (χ0) is 13.5. The summed E-state index contributed by atoms with van der Waals surface area (Å²) in [6.07, 6.45) is 11.5. The quantitative estimate of drug-likeness (QED) is 0.561. The second-order valence-corrected chi connectivity index (χ2v) is 7.06. The van der Waals surface area contributed by atoms with Crippen LogP contribution in [0.5, 0.6) is 0 Å². The summed E-state index contributed by atoms with van der Waals surface area (Å²) < 4.78 is 5.97. The van der Waals surface area contributed by atoms with Crippen LogP contribution in [-0.4, -0.2) is 11.6 Å². The maximum absolute atomic E-state index is 12.0. The van der Waals surface area contributed by atoms with Crippen molar-refractivity contribution in [1.29, 1.82) is 0 Å². The average Bonchev–Trinajstić information content (AvgIpc) is 3.23. The van der Waals surface area contributed by atoms with E-state index in [-0.39, 0.29) is 11.6 Å². The predicted octanol–water partition coefficient (Wildman–Crippen LogP) is 4.24. The van der Waals surface area contributed by atoms with Crippen LogP contribution in [0.25, 0.3) is 0 Å². The largest absolute Gasteiger partial charge is 0.455 e. The first kappa shape index (κ1) is 13.2. The van der Waals surface area contributed by atoms with Crippen molar-refractivity contribution in [1.82, 2.24) is 0 Å². The van der Waals surface area contributed by atoms with Gasteiger partial charge in [-0.05, 0) is 56.8 Å². The molecule has 3 aliphatic carbocycles. The molecular weight excluding hydrogens is 236 g/mol. The molecule has 0 aliphatic heterocycles. The van der Waals surface area contributed by atoms with Crippen LogP contribution in [0.15, 0.2) is 12.2 Å². The van der Waals surface area contributed by atoms with Crippen molar-refractivity contribution < 1.29 is 9.53 Å². The third-order valence-corrected chi connectivity index (χ3v) is 5.58. The standard InChI is InChI=1S/C17H26O2/c1-12(2)16(18)19-17(15-7-8-15)10-9-13-5-3-4-6-14(13)11-17/h13-15H,1,3-11H2,2H3. The molecule has 0 aromatic rings. The third kappa shape index (κ3) is 2.59. The maximum atomic E-state index is 12.0. The van der Waals surface area contributed by atoms with Crippen LogP contribution in [0.3, 0.4) is 0 Å². The first-order valence-corrected chi connectivity index (χ1v) is 7.99. The zero-order valence-electron chi connectivity index (χ0n) is 12.1. The molecule has 0 amide bonds. The van der Waals surface area contributed by atoms with Gasteiger partial charge in [-0.1, -0.05) is 32.3 Å². The van der Waals surface area contributed by atoms with Crippen molar-refractivity contribution in [2.45, 2.75) is 70.3 Å². The predicted molar refractivity (Wildman–Crippen MR) is 75.7 cm³/mol. The normalized spacial score (nSPS) is 38.4. The van der Waals surface area contributed by atoms with Gasteiger partial charge in [-0.15, -0.1) is 0 Å². The fourth-order valence-corrected chi connectivity index (χ4v) is 4.34. The molecule has 0 heterocycles. The molecule has 0 bridgehead atoms. The minimum absolute atomic E-state index is 0.130. The first-order valence-electron chi connectivity index (χ1n) is 7.99. The number of esters is 1. The molecule has 0 N–H and O–H groups in total. The Hall–Kier alpha value is -0.790. The average molecular weight is 262 g/mol. The Morgan fingerprint density at radius 2 is 1.79 bits per heavy atom. The summed E-state index contributed by atoms with van der Waals surface area (Å²) in [7, 11) is 0. The molecule has 3 saturated carbocycles. The van der Waals surface area contributed by atoms with Gasteiger partial charge in [0.15, 0.2) is 0 Å². The number of rotatable bonds is 3. The van der Waals surface area contributed by atoms with E-state index in [2.05, 4.69) is 6.58 Å². The molecule has 3 rings (SSSR count). The van der Waals surface area contributed by atoms with Crippen LogP contribution in [0.4, 0.5) is 0 Å². The molecule has 0 aromatic heterocycles. The van der Waals surface area contributed by atoms with E-state index in [1.54, 1.807) is 6.92 Å². The Balaban J connectivity index is 1.74. The fraction of sp³-hybridized carbons (Fsp3) is 0.824. The first-order chi connectivity index (χ1) is 9.11. The highest BCUT2D eigenvalue weighted by atomic mass is 16.6. The second-order valence-electron chi connectivity index (χ2n) is 7.06. The molecule has 2 heteroatoms. The summed E-state index contributed by atoms with van der Waals surface area (Å²) >= 11 is 0. The van der Waals surface area contributed by atoms with Crippen LogP contribution in [0, 0.1) is 17.8 Å². The van der Waals surface area contributed by atoms with Crippen molar-refractivity contribution in [2.75, 3.05) is 0 Å². The number of carbonyl (C=O) groups is 1. The van der Waals surface area contributed by atoms with Crippen LogP contribution in [-0.2, 0) is 9.53 Å². The van der Waals surface area contributed by atoms with Crippen molar-refractivity contribution in [2.24, 2.45) is 17.8 Å². The van der Waals surface area contributed by atoms with Crippen molar-refractivity contribution in [3.8, 4) is 0 Å². The monoisotopic (exact) mass is 262 g/mol. The Morgan fingerprint density at radius 3 is 2.42 bits per heavy atom. The molecule has 106 valence electrons. The van der Waals surface area contributed by atoms with Gasteiger partial charge in [-0.2, -0.15) is 0 Å². The summed E-state index contributed by atoms with van der Waals surface area (Å²) in [6, 6.07) is 0. The molecule has 3 fully saturated rings. The van der Waals surface area contributed by atoms with E-state index in [9.17, 15) is 4.79 Å². The van der Waals surface area contributed by atoms with Crippen LogP contribution < -0.4 is 0 Å². The number of hydrogen-bond acceptors (Lipinski definition) is 2. The third-order valence-electron chi connectivity index (χ3n) is 5.58. The van der Waals surface area contributed by atoms with E-state index in [4.69, 9.17) is 4.74 Å². The van der Waals surface area contributed by atoms with E-state index in [0.29, 0.717) is 11.5 Å². The highest BCUT2D eigenvalue weighted by Gasteiger charge is 2.52. The Bertz CT molecular complexity index is 383. The second kappa shape index (κ2) is 4.96. The molecule has 3 unspecified atom stereocenters. The van der Waals surface area contributed by atoms with Crippen LogP contribution >= 0.6 is 0 Å². The van der Waals surface area contributed by atoms with E-state index >= 15 is 0 Å². The molecule has 2 nitrogen and oxygen atoms in total. The molecule has 0 radical (unpaired) electrons. The Labute approximate surface area is 116 Å². The molecule has 0 spiro atoms. The smallest absolute Gasteiger partial charge is 0.333 e. The van der Waals surface area contributed by atoms with E-state index in [1.165, 1.54) is 44.9 Å². The maximum Gasteiger partial charge on any atom is 0.333 e. The molecule has 19 heavy (non-hydrogen) atoms. The van der Waals surface area contributed by atoms with Gasteiger partial charge < -0.3 is 4.74 Å². The van der Waals surface area contributed by atoms with E-state index < -0.39 is 0 Å². The van der Waals surface area contributed by atoms with Gasteiger partial charge in [0.2, 0.25) is 0 Å². The summed E-state index contributed by atoms with van der Waals surface area (Å²) in [5.41, 5.74) is 0.417. The van der Waals surface area contributed by atoms with Gasteiger partial charge in [-0.25, -0.2) is 4.79 Å². The van der Waals surface area contributed by atoms with E-state index in [0.717, 1.165) is 24.7 Å². The number of carbonyl (C=O) groups excluding carboxylic acids is 1. The lowest BCUT2D eigenvalue weighted by Gasteiger charge is -2.46. The number of ether oxygens (including phenoxy) is 1. The highest BCUT2D eigenvalue weighted by Crippen LogP contribution is 2.54. The molecular formula is C17H26O2. The van der Waals surface area contributed by atoms with Crippen molar-refractivity contribution in [3.05, 3.63) is 12.2 Å². The molecule has 0 saturated heterocycles. The Morgan fingerprint density at radius 1 is 1.11 bits per heavy atom. The lowest BCUT2D eigenvalue weighted by atomic mass is 9.64. The summed E-state index contributed by atoms with van der Waals surface area (Å²) in [5, 5.41) is 0. The van der Waals surface area contributed by atoms with Crippen molar-refractivity contribution >= 4 is 5.97 Å². The lowest BCUT2D eigenvalue weighted by Crippen LogP contribution is -2.45. The minimum atomic E-state index is -0.166. The summed E-state index contributed by atoms with van der Waals surface area (Å²) in [6.45, 7) is 5.50. The van der Waals surface area contributed by atoms with Gasteiger partial charge in [0.05, 0.1) is 0 Å². The topological polar surface area (TPSA) is 26.3 Å². The molecule has 3 atom stereocenters. The van der Waals surface area contributed by atoms with E-state index in [1.807, 2.05) is 0 Å². The van der Waals surface area contributed by atoms with Crippen LogP contribution in [0.2, 0.25) is 0 Å². The Kier molecular flexibility index (Phi) is 3.44.